The molecule has 1 atom stereocenters. The number of nitrogens with zero attached hydrogens (tertiary/aromatic N) is 1. The number of pyridine rings is 1. The van der Waals surface area contributed by atoms with Crippen molar-refractivity contribution >= 4 is 29.2 Å². The molecule has 0 aliphatic rings. The van der Waals surface area contributed by atoms with Crippen LogP contribution in [0.25, 0.3) is 0 Å². The summed E-state index contributed by atoms with van der Waals surface area (Å²) in [4.78, 5) is 16.0. The summed E-state index contributed by atoms with van der Waals surface area (Å²) >= 11 is 1.91. The zero-order valence-corrected chi connectivity index (χ0v) is 13.1. The van der Waals surface area contributed by atoms with Gasteiger partial charge < -0.3 is 15.8 Å². The Hall–Kier alpha value is -1.43. The first-order chi connectivity index (χ1) is 9.58. The molecular formula is C14H23N3O2S. The van der Waals surface area contributed by atoms with Gasteiger partial charge in [0.1, 0.15) is 5.82 Å². The number of esters is 1. The predicted molar refractivity (Wildman–Crippen MR) is 85.3 cm³/mol. The number of ether oxygens (including phenoxy) is 1. The second-order valence-corrected chi connectivity index (χ2v) is 5.80. The number of carbonyl (C=O) groups is 1. The number of aromatic nitrogens is 1. The molecule has 1 aromatic rings. The van der Waals surface area contributed by atoms with Crippen molar-refractivity contribution in [2.75, 3.05) is 29.2 Å². The third kappa shape index (κ3) is 5.28. The van der Waals surface area contributed by atoms with Crippen molar-refractivity contribution in [1.29, 1.82) is 0 Å². The van der Waals surface area contributed by atoms with Crippen LogP contribution in [0.2, 0.25) is 0 Å². The van der Waals surface area contributed by atoms with E-state index in [9.17, 15) is 4.79 Å². The van der Waals surface area contributed by atoms with Gasteiger partial charge in [0, 0.05) is 6.04 Å². The lowest BCUT2D eigenvalue weighted by atomic mass is 10.2. The van der Waals surface area contributed by atoms with E-state index < -0.39 is 5.97 Å². The van der Waals surface area contributed by atoms with Gasteiger partial charge in [-0.15, -0.1) is 0 Å². The average molecular weight is 297 g/mol. The summed E-state index contributed by atoms with van der Waals surface area (Å²) in [5.41, 5.74) is 6.45. The lowest BCUT2D eigenvalue weighted by Crippen LogP contribution is -2.18. The monoisotopic (exact) mass is 297 g/mol. The fraction of sp³-hybridized carbons (Fsp3) is 0.571. The minimum atomic E-state index is -0.412. The number of nitrogen functional groups attached to an aromatic ring is 1. The molecule has 1 rings (SSSR count). The number of nitrogens with two attached hydrogens (primary N) is 1. The summed E-state index contributed by atoms with van der Waals surface area (Å²) < 4.78 is 4.97. The number of hydrogen-bond acceptors (Lipinski definition) is 6. The Morgan fingerprint density at radius 2 is 2.30 bits per heavy atom. The van der Waals surface area contributed by atoms with Crippen molar-refractivity contribution in [2.45, 2.75) is 33.2 Å². The Bertz CT molecular complexity index is 440. The van der Waals surface area contributed by atoms with Crippen molar-refractivity contribution in [1.82, 2.24) is 4.98 Å². The van der Waals surface area contributed by atoms with E-state index in [4.69, 9.17) is 10.5 Å². The summed E-state index contributed by atoms with van der Waals surface area (Å²) in [5.74, 6) is 2.46. The lowest BCUT2D eigenvalue weighted by Gasteiger charge is -2.15. The maximum Gasteiger partial charge on any atom is 0.340 e. The molecule has 5 nitrogen and oxygen atoms in total. The van der Waals surface area contributed by atoms with Crippen molar-refractivity contribution < 1.29 is 9.53 Å². The number of carbonyl (C=O) groups excluding carboxylic acids is 1. The molecule has 0 saturated carbocycles. The molecule has 6 heteroatoms. The molecule has 112 valence electrons. The molecule has 3 N–H and O–H groups in total. The second kappa shape index (κ2) is 8.68. The van der Waals surface area contributed by atoms with Gasteiger partial charge in [-0.2, -0.15) is 11.8 Å². The largest absolute Gasteiger partial charge is 0.462 e. The SMILES string of the molecule is CCOC(=O)c1cc(NC(C)CCSCC)ncc1N. The van der Waals surface area contributed by atoms with Gasteiger partial charge in [-0.3, -0.25) is 0 Å². The molecule has 1 heterocycles. The zero-order valence-electron chi connectivity index (χ0n) is 12.3. The van der Waals surface area contributed by atoms with Crippen LogP contribution in [0.5, 0.6) is 0 Å². The van der Waals surface area contributed by atoms with Gasteiger partial charge in [0.25, 0.3) is 0 Å². The number of nitrogens with one attached hydrogen (secondary N) is 1. The minimum absolute atomic E-state index is 0.292. The molecule has 20 heavy (non-hydrogen) atoms. The molecular weight excluding hydrogens is 274 g/mol. The van der Waals surface area contributed by atoms with E-state index in [1.165, 1.54) is 6.20 Å². The summed E-state index contributed by atoms with van der Waals surface area (Å²) in [6.45, 7) is 6.34. The molecule has 0 amide bonds. The van der Waals surface area contributed by atoms with Crippen molar-refractivity contribution in [3.8, 4) is 0 Å². The molecule has 0 bridgehead atoms. The molecule has 1 unspecified atom stereocenters. The van der Waals surface area contributed by atoms with E-state index >= 15 is 0 Å². The maximum atomic E-state index is 11.8. The molecule has 0 fully saturated rings. The fourth-order valence-corrected chi connectivity index (χ4v) is 2.47. The number of thioether (sulfide) groups is 1. The van der Waals surface area contributed by atoms with Crippen LogP contribution in [0.15, 0.2) is 12.3 Å². The van der Waals surface area contributed by atoms with Gasteiger partial charge in [-0.25, -0.2) is 9.78 Å². The normalized spacial score (nSPS) is 11.9. The highest BCUT2D eigenvalue weighted by Crippen LogP contribution is 2.17. The van der Waals surface area contributed by atoms with E-state index in [-0.39, 0.29) is 0 Å². The van der Waals surface area contributed by atoms with Crippen molar-refractivity contribution in [3.05, 3.63) is 17.8 Å². The third-order valence-electron chi connectivity index (χ3n) is 2.72. The smallest absolute Gasteiger partial charge is 0.340 e. The van der Waals surface area contributed by atoms with E-state index in [2.05, 4.69) is 24.1 Å². The van der Waals surface area contributed by atoms with E-state index in [1.54, 1.807) is 13.0 Å². The van der Waals surface area contributed by atoms with Gasteiger partial charge in [0.15, 0.2) is 0 Å². The zero-order chi connectivity index (χ0) is 15.0. The van der Waals surface area contributed by atoms with E-state index in [0.29, 0.717) is 29.7 Å². The van der Waals surface area contributed by atoms with Crippen LogP contribution in [0.4, 0.5) is 11.5 Å². The Morgan fingerprint density at radius 3 is 2.95 bits per heavy atom. The van der Waals surface area contributed by atoms with Crippen LogP contribution >= 0.6 is 11.8 Å². The Kier molecular flexibility index (Phi) is 7.22. The maximum absolute atomic E-state index is 11.8. The van der Waals surface area contributed by atoms with Crippen LogP contribution in [-0.2, 0) is 4.74 Å². The highest BCUT2D eigenvalue weighted by molar-refractivity contribution is 7.99. The van der Waals surface area contributed by atoms with Crippen LogP contribution in [0, 0.1) is 0 Å². The summed E-state index contributed by atoms with van der Waals surface area (Å²) in [5, 5.41) is 3.28. The van der Waals surface area contributed by atoms with Gasteiger partial charge in [-0.1, -0.05) is 6.92 Å². The lowest BCUT2D eigenvalue weighted by molar-refractivity contribution is 0.0527. The fourth-order valence-electron chi connectivity index (χ4n) is 1.66. The standard InChI is InChI=1S/C14H23N3O2S/c1-4-19-14(18)11-8-13(16-9-12(11)15)17-10(3)6-7-20-5-2/h8-10H,4-7,15H2,1-3H3,(H,16,17). The summed E-state index contributed by atoms with van der Waals surface area (Å²) in [6, 6.07) is 1.94. The molecule has 0 aliphatic carbocycles. The van der Waals surface area contributed by atoms with E-state index in [0.717, 1.165) is 17.9 Å². The summed E-state index contributed by atoms with van der Waals surface area (Å²) in [7, 11) is 0. The Morgan fingerprint density at radius 1 is 1.55 bits per heavy atom. The number of anilines is 2. The topological polar surface area (TPSA) is 77.2 Å². The first-order valence-electron chi connectivity index (χ1n) is 6.85. The molecule has 0 saturated heterocycles. The highest BCUT2D eigenvalue weighted by atomic mass is 32.2. The van der Waals surface area contributed by atoms with E-state index in [1.807, 2.05) is 11.8 Å². The molecule has 0 aliphatic heterocycles. The van der Waals surface area contributed by atoms with Gasteiger partial charge in [-0.05, 0) is 37.8 Å². The molecule has 0 radical (unpaired) electrons. The van der Waals surface area contributed by atoms with Crippen molar-refractivity contribution in [2.24, 2.45) is 0 Å². The first-order valence-corrected chi connectivity index (χ1v) is 8.00. The second-order valence-electron chi connectivity index (χ2n) is 4.41. The van der Waals surface area contributed by atoms with Crippen LogP contribution in [0.3, 0.4) is 0 Å². The Balaban J connectivity index is 2.67. The quantitative estimate of drug-likeness (QED) is 0.567. The van der Waals surface area contributed by atoms with Crippen molar-refractivity contribution in [3.63, 3.8) is 0 Å². The van der Waals surface area contributed by atoms with Gasteiger partial charge >= 0.3 is 5.97 Å². The minimum Gasteiger partial charge on any atom is -0.462 e. The Labute approximate surface area is 124 Å². The molecule has 0 spiro atoms. The van der Waals surface area contributed by atoms with Crippen LogP contribution in [-0.4, -0.2) is 35.1 Å². The first kappa shape index (κ1) is 16.6. The summed E-state index contributed by atoms with van der Waals surface area (Å²) in [6.07, 6.45) is 2.53. The number of rotatable bonds is 8. The van der Waals surface area contributed by atoms with Crippen LogP contribution in [0.1, 0.15) is 37.6 Å². The predicted octanol–water partition coefficient (Wildman–Crippen LogP) is 2.78. The number of hydrogen-bond donors (Lipinski definition) is 2. The van der Waals surface area contributed by atoms with Gasteiger partial charge in [0.05, 0.1) is 24.1 Å². The average Bonchev–Trinajstić information content (AvgIpc) is 2.41. The highest BCUT2D eigenvalue weighted by Gasteiger charge is 2.13. The van der Waals surface area contributed by atoms with Crippen LogP contribution < -0.4 is 11.1 Å². The third-order valence-corrected chi connectivity index (χ3v) is 3.66. The van der Waals surface area contributed by atoms with Gasteiger partial charge in [0.2, 0.25) is 0 Å². The molecule has 0 aromatic carbocycles. The molecule has 1 aromatic heterocycles.